The van der Waals surface area contributed by atoms with Crippen molar-refractivity contribution < 1.29 is 14.5 Å². The van der Waals surface area contributed by atoms with Crippen molar-refractivity contribution in [1.29, 1.82) is 0 Å². The van der Waals surface area contributed by atoms with Gasteiger partial charge in [-0.05, 0) is 24.6 Å². The predicted molar refractivity (Wildman–Crippen MR) is 85.2 cm³/mol. The molecule has 23 heavy (non-hydrogen) atoms. The van der Waals surface area contributed by atoms with Crippen LogP contribution in [0.25, 0.3) is 0 Å². The molecule has 0 unspecified atom stereocenters. The van der Waals surface area contributed by atoms with Gasteiger partial charge in [0.05, 0.1) is 17.6 Å². The van der Waals surface area contributed by atoms with Gasteiger partial charge < -0.3 is 9.64 Å². The van der Waals surface area contributed by atoms with E-state index in [1.165, 1.54) is 12.1 Å². The molecule has 0 N–H and O–H groups in total. The van der Waals surface area contributed by atoms with Crippen molar-refractivity contribution in [2.24, 2.45) is 0 Å². The topological polar surface area (TPSA) is 72.5 Å². The highest BCUT2D eigenvalue weighted by Gasteiger charge is 2.54. The van der Waals surface area contributed by atoms with Crippen LogP contribution >= 0.6 is 0 Å². The number of anilines is 1. The lowest BCUT2D eigenvalue weighted by Crippen LogP contribution is -2.15. The Morgan fingerprint density at radius 3 is 2.39 bits per heavy atom. The molecule has 6 heteroatoms. The van der Waals surface area contributed by atoms with E-state index in [1.54, 1.807) is 19.1 Å². The number of para-hydroxylation sites is 1. The third kappa shape index (κ3) is 2.88. The van der Waals surface area contributed by atoms with Gasteiger partial charge in [0.15, 0.2) is 6.04 Å². The van der Waals surface area contributed by atoms with E-state index in [2.05, 4.69) is 0 Å². The number of rotatable bonds is 5. The minimum atomic E-state index is -0.436. The molecule has 0 aromatic heterocycles. The number of nitro groups is 1. The van der Waals surface area contributed by atoms with Crippen molar-refractivity contribution >= 4 is 17.3 Å². The summed E-state index contributed by atoms with van der Waals surface area (Å²) in [4.78, 5) is 24.5. The maximum atomic E-state index is 12.2. The fourth-order valence-corrected chi connectivity index (χ4v) is 2.76. The molecular formula is C17H16N2O4. The molecule has 2 aromatic carbocycles. The summed E-state index contributed by atoms with van der Waals surface area (Å²) < 4.78 is 5.14. The monoisotopic (exact) mass is 312 g/mol. The molecule has 6 nitrogen and oxygen atoms in total. The minimum absolute atomic E-state index is 0.0355. The second-order valence-corrected chi connectivity index (χ2v) is 5.23. The van der Waals surface area contributed by atoms with Gasteiger partial charge in [-0.15, -0.1) is 0 Å². The lowest BCUT2D eigenvalue weighted by Gasteiger charge is -2.05. The lowest BCUT2D eigenvalue weighted by atomic mass is 10.1. The van der Waals surface area contributed by atoms with E-state index in [4.69, 9.17) is 4.74 Å². The van der Waals surface area contributed by atoms with Crippen LogP contribution in [0.5, 0.6) is 0 Å². The van der Waals surface area contributed by atoms with Gasteiger partial charge in [-0.3, -0.25) is 10.1 Å². The highest BCUT2D eigenvalue weighted by Crippen LogP contribution is 2.47. The smallest absolute Gasteiger partial charge is 0.331 e. The van der Waals surface area contributed by atoms with Crippen LogP contribution < -0.4 is 4.90 Å². The van der Waals surface area contributed by atoms with E-state index in [0.29, 0.717) is 6.61 Å². The van der Waals surface area contributed by atoms with Crippen LogP contribution in [-0.4, -0.2) is 23.5 Å². The van der Waals surface area contributed by atoms with Crippen LogP contribution in [0.4, 0.5) is 11.4 Å². The summed E-state index contributed by atoms with van der Waals surface area (Å²) >= 11 is 0. The average molecular weight is 312 g/mol. The number of benzene rings is 2. The van der Waals surface area contributed by atoms with Crippen molar-refractivity contribution in [3.63, 3.8) is 0 Å². The highest BCUT2D eigenvalue weighted by atomic mass is 16.6. The van der Waals surface area contributed by atoms with Gasteiger partial charge in [-0.2, -0.15) is 0 Å². The first kappa shape index (κ1) is 15.0. The summed E-state index contributed by atoms with van der Waals surface area (Å²) in [5, 5.41) is 10.8. The van der Waals surface area contributed by atoms with E-state index in [0.717, 1.165) is 11.3 Å². The molecule has 1 aliphatic rings. The molecule has 0 spiro atoms. The number of carbonyl (C=O) groups excluding carboxylic acids is 1. The summed E-state index contributed by atoms with van der Waals surface area (Å²) in [6.45, 7) is 2.10. The van der Waals surface area contributed by atoms with Crippen molar-refractivity contribution in [2.75, 3.05) is 11.5 Å². The van der Waals surface area contributed by atoms with Crippen LogP contribution in [0.3, 0.4) is 0 Å². The van der Waals surface area contributed by atoms with Gasteiger partial charge in [0, 0.05) is 17.8 Å². The van der Waals surface area contributed by atoms with Gasteiger partial charge in [-0.1, -0.05) is 30.3 Å². The summed E-state index contributed by atoms with van der Waals surface area (Å²) in [5.41, 5.74) is 1.82. The number of hydrogen-bond donors (Lipinski definition) is 0. The first-order valence-electron chi connectivity index (χ1n) is 7.38. The zero-order chi connectivity index (χ0) is 16.4. The molecule has 118 valence electrons. The number of nitro benzene ring substituents is 1. The molecule has 2 atom stereocenters. The van der Waals surface area contributed by atoms with Gasteiger partial charge in [0.1, 0.15) is 0 Å². The van der Waals surface area contributed by atoms with Crippen LogP contribution in [0.15, 0.2) is 54.6 Å². The minimum Gasteiger partial charge on any atom is -0.464 e. The van der Waals surface area contributed by atoms with Crippen LogP contribution in [0, 0.1) is 10.1 Å². The fraction of sp³-hybridized carbons (Fsp3) is 0.235. The first-order valence-corrected chi connectivity index (χ1v) is 7.38. The van der Waals surface area contributed by atoms with E-state index in [1.807, 2.05) is 35.2 Å². The van der Waals surface area contributed by atoms with Crippen LogP contribution in [-0.2, 0) is 9.53 Å². The number of ether oxygens (including phenoxy) is 1. The Hall–Kier alpha value is -2.89. The molecule has 1 aliphatic heterocycles. The lowest BCUT2D eigenvalue weighted by molar-refractivity contribution is -0.384. The third-order valence-electron chi connectivity index (χ3n) is 3.84. The molecule has 0 radical (unpaired) electrons. The second kappa shape index (κ2) is 6.08. The Balaban J connectivity index is 1.89. The quantitative estimate of drug-likeness (QED) is 0.367. The van der Waals surface area contributed by atoms with Crippen molar-refractivity contribution in [3.05, 3.63) is 70.3 Å². The summed E-state index contributed by atoms with van der Waals surface area (Å²) in [7, 11) is 0. The van der Waals surface area contributed by atoms with Crippen LogP contribution in [0.2, 0.25) is 0 Å². The molecule has 0 aliphatic carbocycles. The van der Waals surface area contributed by atoms with Gasteiger partial charge in [-0.25, -0.2) is 4.79 Å². The molecule has 1 saturated heterocycles. The highest BCUT2D eigenvalue weighted by molar-refractivity contribution is 5.88. The summed E-state index contributed by atoms with van der Waals surface area (Å²) in [6, 6.07) is 15.3. The number of carbonyl (C=O) groups is 1. The number of non-ortho nitro benzene ring substituents is 1. The van der Waals surface area contributed by atoms with E-state index in [9.17, 15) is 14.9 Å². The molecule has 3 rings (SSSR count). The van der Waals surface area contributed by atoms with E-state index in [-0.39, 0.29) is 23.7 Å². The molecular weight excluding hydrogens is 296 g/mol. The Kier molecular flexibility index (Phi) is 3.97. The maximum Gasteiger partial charge on any atom is 0.331 e. The van der Waals surface area contributed by atoms with Crippen LogP contribution in [0.1, 0.15) is 18.5 Å². The molecule has 0 amide bonds. The van der Waals surface area contributed by atoms with Crippen molar-refractivity contribution in [3.8, 4) is 0 Å². The molecule has 0 saturated carbocycles. The normalized spacial score (nSPS) is 19.3. The molecule has 1 heterocycles. The zero-order valence-electron chi connectivity index (χ0n) is 12.6. The largest absolute Gasteiger partial charge is 0.464 e. The Morgan fingerprint density at radius 1 is 1.17 bits per heavy atom. The molecule has 2 aromatic rings. The predicted octanol–water partition coefficient (Wildman–Crippen LogP) is 3.09. The van der Waals surface area contributed by atoms with Crippen molar-refractivity contribution in [2.45, 2.75) is 19.0 Å². The number of nitrogens with zero attached hydrogens (tertiary/aromatic N) is 2. The SMILES string of the molecule is CCOC(=O)[C@H]1[C@H](c2ccc([N+](=O)[O-])cc2)N1c1ccccc1. The second-order valence-electron chi connectivity index (χ2n) is 5.23. The zero-order valence-corrected chi connectivity index (χ0v) is 12.6. The van der Waals surface area contributed by atoms with E-state index >= 15 is 0 Å². The Labute approximate surface area is 133 Å². The standard InChI is InChI=1S/C17H16N2O4/c1-2-23-17(20)16-15(18(16)13-6-4-3-5-7-13)12-8-10-14(11-9-12)19(21)22/h3-11,15-16H,2H2,1H3/t15-,16+,18?/m0/s1. The third-order valence-corrected chi connectivity index (χ3v) is 3.84. The summed E-state index contributed by atoms with van der Waals surface area (Å²) in [5.74, 6) is -0.278. The fourth-order valence-electron chi connectivity index (χ4n) is 2.76. The molecule has 0 bridgehead atoms. The summed E-state index contributed by atoms with van der Waals surface area (Å²) in [6.07, 6.45) is 0. The first-order chi connectivity index (χ1) is 11.1. The van der Waals surface area contributed by atoms with Crippen molar-refractivity contribution in [1.82, 2.24) is 0 Å². The van der Waals surface area contributed by atoms with E-state index < -0.39 is 4.92 Å². The number of hydrogen-bond acceptors (Lipinski definition) is 5. The number of esters is 1. The average Bonchev–Trinajstić information content (AvgIpc) is 3.31. The maximum absolute atomic E-state index is 12.2. The Morgan fingerprint density at radius 2 is 1.83 bits per heavy atom. The molecule has 1 fully saturated rings. The van der Waals surface area contributed by atoms with Gasteiger partial charge in [0.2, 0.25) is 0 Å². The van der Waals surface area contributed by atoms with Gasteiger partial charge in [0.25, 0.3) is 5.69 Å². The van der Waals surface area contributed by atoms with Gasteiger partial charge >= 0.3 is 5.97 Å². The Bertz CT molecular complexity index is 715.